The summed E-state index contributed by atoms with van der Waals surface area (Å²) in [4.78, 5) is 2.17. The molecule has 0 bridgehead atoms. The zero-order chi connectivity index (χ0) is 10.4. The average molecular weight is 217 g/mol. The highest BCUT2D eigenvalue weighted by molar-refractivity contribution is 7.12. The fraction of sp³-hybridized carbons (Fsp3) is 0.600. The first-order valence-corrected chi connectivity index (χ1v) is 5.44. The summed E-state index contributed by atoms with van der Waals surface area (Å²) in [5.74, 6) is -2.50. The van der Waals surface area contributed by atoms with Gasteiger partial charge in [-0.1, -0.05) is 0 Å². The van der Waals surface area contributed by atoms with Crippen LogP contribution in [0, 0.1) is 6.92 Å². The Bertz CT molecular complexity index is 338. The Labute approximate surface area is 85.9 Å². The van der Waals surface area contributed by atoms with Crippen LogP contribution in [0.1, 0.15) is 22.6 Å². The maximum Gasteiger partial charge on any atom is 0.250 e. The van der Waals surface area contributed by atoms with E-state index in [4.69, 9.17) is 5.73 Å². The lowest BCUT2D eigenvalue weighted by molar-refractivity contribution is -0.122. The Morgan fingerprint density at radius 2 is 2.07 bits per heavy atom. The Hall–Kier alpha value is -0.480. The quantitative estimate of drug-likeness (QED) is 0.809. The van der Waals surface area contributed by atoms with Crippen LogP contribution in [0.3, 0.4) is 0 Å². The van der Waals surface area contributed by atoms with Crippen LogP contribution in [-0.2, 0) is 5.41 Å². The lowest BCUT2D eigenvalue weighted by Gasteiger charge is -2.46. The van der Waals surface area contributed by atoms with Gasteiger partial charge >= 0.3 is 0 Å². The van der Waals surface area contributed by atoms with E-state index in [2.05, 4.69) is 0 Å². The predicted molar refractivity (Wildman–Crippen MR) is 54.0 cm³/mol. The van der Waals surface area contributed by atoms with Gasteiger partial charge in [0.2, 0.25) is 5.92 Å². The maximum absolute atomic E-state index is 12.9. The van der Waals surface area contributed by atoms with Gasteiger partial charge in [-0.3, -0.25) is 0 Å². The molecular formula is C10H13F2NS. The molecule has 0 amide bonds. The molecular weight excluding hydrogens is 204 g/mol. The Balaban J connectivity index is 2.24. The molecule has 14 heavy (non-hydrogen) atoms. The van der Waals surface area contributed by atoms with Crippen molar-refractivity contribution in [2.45, 2.75) is 31.1 Å². The summed E-state index contributed by atoms with van der Waals surface area (Å²) < 4.78 is 25.7. The van der Waals surface area contributed by atoms with E-state index in [0.717, 1.165) is 9.75 Å². The van der Waals surface area contributed by atoms with Crippen molar-refractivity contribution in [2.24, 2.45) is 5.73 Å². The Morgan fingerprint density at radius 1 is 1.43 bits per heavy atom. The van der Waals surface area contributed by atoms with Crippen molar-refractivity contribution in [3.05, 3.63) is 21.9 Å². The van der Waals surface area contributed by atoms with Crippen molar-refractivity contribution in [1.82, 2.24) is 0 Å². The van der Waals surface area contributed by atoms with Crippen molar-refractivity contribution in [3.63, 3.8) is 0 Å². The molecule has 1 aliphatic rings. The number of hydrogen-bond acceptors (Lipinski definition) is 2. The Morgan fingerprint density at radius 3 is 2.43 bits per heavy atom. The molecule has 0 saturated heterocycles. The number of nitrogens with two attached hydrogens (primary N) is 1. The van der Waals surface area contributed by atoms with Crippen LogP contribution >= 0.6 is 11.3 Å². The Kier molecular flexibility index (Phi) is 2.16. The molecule has 1 saturated carbocycles. The fourth-order valence-electron chi connectivity index (χ4n) is 2.08. The summed E-state index contributed by atoms with van der Waals surface area (Å²) in [6, 6.07) is 3.90. The lowest BCUT2D eigenvalue weighted by atomic mass is 9.65. The van der Waals surface area contributed by atoms with Crippen molar-refractivity contribution in [1.29, 1.82) is 0 Å². The predicted octanol–water partition coefficient (Wildman–Crippen LogP) is 2.68. The topological polar surface area (TPSA) is 26.0 Å². The maximum atomic E-state index is 12.9. The van der Waals surface area contributed by atoms with Crippen LogP contribution in [0.5, 0.6) is 0 Å². The highest BCUT2D eigenvalue weighted by Crippen LogP contribution is 2.54. The molecule has 0 radical (unpaired) electrons. The molecule has 2 rings (SSSR count). The first kappa shape index (κ1) is 10.1. The molecule has 4 heteroatoms. The van der Waals surface area contributed by atoms with Crippen molar-refractivity contribution < 1.29 is 8.78 Å². The van der Waals surface area contributed by atoms with Crippen LogP contribution in [0.4, 0.5) is 8.78 Å². The summed E-state index contributed by atoms with van der Waals surface area (Å²) in [6.07, 6.45) is -0.174. The van der Waals surface area contributed by atoms with E-state index >= 15 is 0 Å². The second-order valence-electron chi connectivity index (χ2n) is 4.10. The highest BCUT2D eigenvalue weighted by Gasteiger charge is 2.57. The van der Waals surface area contributed by atoms with Gasteiger partial charge in [0.25, 0.3) is 0 Å². The van der Waals surface area contributed by atoms with Crippen LogP contribution in [-0.4, -0.2) is 12.5 Å². The molecule has 1 heterocycles. The normalized spacial score (nSPS) is 23.1. The van der Waals surface area contributed by atoms with E-state index in [1.54, 1.807) is 11.3 Å². The monoisotopic (exact) mass is 217 g/mol. The molecule has 0 unspecified atom stereocenters. The molecule has 1 nitrogen and oxygen atoms in total. The van der Waals surface area contributed by atoms with Gasteiger partial charge in [-0.15, -0.1) is 11.3 Å². The minimum atomic E-state index is -2.50. The number of rotatable bonds is 2. The van der Waals surface area contributed by atoms with Gasteiger partial charge in [-0.2, -0.15) is 0 Å². The summed E-state index contributed by atoms with van der Waals surface area (Å²) >= 11 is 1.58. The van der Waals surface area contributed by atoms with E-state index in [-0.39, 0.29) is 12.8 Å². The highest BCUT2D eigenvalue weighted by atomic mass is 32.1. The van der Waals surface area contributed by atoms with Gasteiger partial charge in [-0.25, -0.2) is 8.78 Å². The molecule has 1 aliphatic carbocycles. The SMILES string of the molecule is Cc1ccc(C2(CN)CC(F)(F)C2)s1. The van der Waals surface area contributed by atoms with Crippen LogP contribution in [0.25, 0.3) is 0 Å². The van der Waals surface area contributed by atoms with Gasteiger partial charge in [0.1, 0.15) is 0 Å². The number of halogens is 2. The van der Waals surface area contributed by atoms with Gasteiger partial charge in [0.15, 0.2) is 0 Å². The standard InChI is InChI=1S/C10H13F2NS/c1-7-2-3-8(14-7)9(6-13)4-10(11,12)5-9/h2-3H,4-6,13H2,1H3. The largest absolute Gasteiger partial charge is 0.330 e. The second kappa shape index (κ2) is 3.00. The van der Waals surface area contributed by atoms with Gasteiger partial charge in [-0.05, 0) is 19.1 Å². The van der Waals surface area contributed by atoms with Gasteiger partial charge in [0, 0.05) is 34.6 Å². The van der Waals surface area contributed by atoms with E-state index < -0.39 is 11.3 Å². The number of aryl methyl sites for hydroxylation is 1. The summed E-state index contributed by atoms with van der Waals surface area (Å²) in [6.45, 7) is 2.30. The summed E-state index contributed by atoms with van der Waals surface area (Å²) in [5.41, 5.74) is 5.16. The molecule has 0 aliphatic heterocycles. The third kappa shape index (κ3) is 1.46. The van der Waals surface area contributed by atoms with Crippen LogP contribution in [0.15, 0.2) is 12.1 Å². The number of alkyl halides is 2. The summed E-state index contributed by atoms with van der Waals surface area (Å²) in [5, 5.41) is 0. The van der Waals surface area contributed by atoms with E-state index in [1.165, 1.54) is 0 Å². The molecule has 2 N–H and O–H groups in total. The van der Waals surface area contributed by atoms with Crippen molar-refractivity contribution in [2.75, 3.05) is 6.54 Å². The first-order chi connectivity index (χ1) is 6.47. The van der Waals surface area contributed by atoms with E-state index in [0.29, 0.717) is 6.54 Å². The van der Waals surface area contributed by atoms with Crippen molar-refractivity contribution in [3.8, 4) is 0 Å². The van der Waals surface area contributed by atoms with Gasteiger partial charge < -0.3 is 5.73 Å². The third-order valence-corrected chi connectivity index (χ3v) is 4.09. The van der Waals surface area contributed by atoms with Crippen molar-refractivity contribution >= 4 is 11.3 Å². The molecule has 0 aromatic carbocycles. The zero-order valence-electron chi connectivity index (χ0n) is 8.02. The molecule has 78 valence electrons. The smallest absolute Gasteiger partial charge is 0.250 e. The number of thiophene rings is 1. The second-order valence-corrected chi connectivity index (χ2v) is 5.39. The zero-order valence-corrected chi connectivity index (χ0v) is 8.83. The molecule has 1 aromatic rings. The van der Waals surface area contributed by atoms with Crippen LogP contribution in [0.2, 0.25) is 0 Å². The molecule has 0 spiro atoms. The van der Waals surface area contributed by atoms with Crippen LogP contribution < -0.4 is 5.73 Å². The molecule has 0 atom stereocenters. The number of hydrogen-bond donors (Lipinski definition) is 1. The van der Waals surface area contributed by atoms with Gasteiger partial charge in [0.05, 0.1) is 0 Å². The average Bonchev–Trinajstić information content (AvgIpc) is 2.47. The minimum absolute atomic E-state index is 0.0869. The summed E-state index contributed by atoms with van der Waals surface area (Å²) in [7, 11) is 0. The van der Waals surface area contributed by atoms with E-state index in [9.17, 15) is 8.78 Å². The van der Waals surface area contributed by atoms with E-state index in [1.807, 2.05) is 19.1 Å². The molecule has 1 aromatic heterocycles. The first-order valence-electron chi connectivity index (χ1n) is 4.62. The lowest BCUT2D eigenvalue weighted by Crippen LogP contribution is -2.53. The fourth-order valence-corrected chi connectivity index (χ4v) is 3.14. The minimum Gasteiger partial charge on any atom is -0.330 e. The third-order valence-electron chi connectivity index (χ3n) is 2.85. The molecule has 1 fully saturated rings.